The maximum atomic E-state index is 11.7. The van der Waals surface area contributed by atoms with Gasteiger partial charge in [0.25, 0.3) is 17.4 Å². The van der Waals surface area contributed by atoms with Gasteiger partial charge in [0, 0.05) is 18.5 Å². The smallest absolute Gasteiger partial charge is 0.328 e. The molecule has 0 atom stereocenters. The quantitative estimate of drug-likeness (QED) is 0.575. The number of benzene rings is 1. The third-order valence-corrected chi connectivity index (χ3v) is 2.82. The summed E-state index contributed by atoms with van der Waals surface area (Å²) in [7, 11) is 0. The number of carbonyl (C=O) groups is 2. The van der Waals surface area contributed by atoms with Gasteiger partial charge in [0.05, 0.1) is 0 Å². The Morgan fingerprint density at radius 2 is 1.83 bits per heavy atom. The maximum Gasteiger partial charge on any atom is 0.328 e. The van der Waals surface area contributed by atoms with Crippen LogP contribution in [0.4, 0.5) is 5.69 Å². The lowest BCUT2D eigenvalue weighted by Crippen LogP contribution is -2.25. The molecule has 10 heteroatoms. The molecule has 2 amide bonds. The van der Waals surface area contributed by atoms with Crippen molar-refractivity contribution in [1.29, 1.82) is 0 Å². The predicted octanol–water partition coefficient (Wildman–Crippen LogP) is 0.199. The van der Waals surface area contributed by atoms with Crippen molar-refractivity contribution in [2.45, 2.75) is 6.42 Å². The fourth-order valence-corrected chi connectivity index (χ4v) is 1.69. The topological polar surface area (TPSA) is 157 Å². The first kappa shape index (κ1) is 16.8. The van der Waals surface area contributed by atoms with E-state index in [1.54, 1.807) is 30.3 Å². The molecule has 0 saturated carbocycles. The first-order valence-electron chi connectivity index (χ1n) is 6.81. The number of hydrogen-bond donors (Lipinski definition) is 4. The summed E-state index contributed by atoms with van der Waals surface area (Å²) in [5.74, 6) is -1.85. The van der Waals surface area contributed by atoms with E-state index in [-0.39, 0.29) is 18.9 Å². The summed E-state index contributed by atoms with van der Waals surface area (Å²) in [6, 6.07) is 8.45. The van der Waals surface area contributed by atoms with Gasteiger partial charge in [-0.1, -0.05) is 18.2 Å². The number of azo groups is 1. The van der Waals surface area contributed by atoms with Gasteiger partial charge in [0.2, 0.25) is 11.6 Å². The van der Waals surface area contributed by atoms with Crippen LogP contribution in [0.2, 0.25) is 0 Å². The zero-order valence-electron chi connectivity index (χ0n) is 12.3. The van der Waals surface area contributed by atoms with E-state index in [0.29, 0.717) is 5.56 Å². The van der Waals surface area contributed by atoms with Crippen LogP contribution in [0.5, 0.6) is 5.88 Å². The highest BCUT2D eigenvalue weighted by Gasteiger charge is 2.09. The standard InChI is InChI=1S/C14H13N5O5/c20-9(6-7-15-11(21)8-4-2-1-3-5-8)18-19-10-12(22)16-14(24)17-13(10)23/h1-5H,6-7H2,(H,15,21)(H3,16,17,22,23,24). The van der Waals surface area contributed by atoms with Crippen LogP contribution in [0.1, 0.15) is 16.8 Å². The first-order valence-corrected chi connectivity index (χ1v) is 6.81. The molecule has 24 heavy (non-hydrogen) atoms. The molecule has 2 rings (SSSR count). The molecular formula is C14H13N5O5. The Kier molecular flexibility index (Phi) is 5.34. The summed E-state index contributed by atoms with van der Waals surface area (Å²) in [5.41, 5.74) is -2.02. The molecule has 0 spiro atoms. The van der Waals surface area contributed by atoms with Gasteiger partial charge < -0.3 is 10.4 Å². The van der Waals surface area contributed by atoms with Crippen molar-refractivity contribution in [3.63, 3.8) is 0 Å². The maximum absolute atomic E-state index is 11.7. The van der Waals surface area contributed by atoms with Crippen molar-refractivity contribution in [3.05, 3.63) is 56.7 Å². The van der Waals surface area contributed by atoms with Crippen LogP contribution in [-0.4, -0.2) is 33.4 Å². The Bertz CT molecular complexity index is 884. The van der Waals surface area contributed by atoms with Crippen LogP contribution >= 0.6 is 0 Å². The molecule has 10 nitrogen and oxygen atoms in total. The minimum absolute atomic E-state index is 0.0273. The highest BCUT2D eigenvalue weighted by molar-refractivity contribution is 5.94. The van der Waals surface area contributed by atoms with Gasteiger partial charge in [-0.05, 0) is 12.1 Å². The van der Waals surface area contributed by atoms with Gasteiger partial charge in [-0.2, -0.15) is 0 Å². The largest absolute Gasteiger partial charge is 0.493 e. The number of nitrogens with zero attached hydrogens (tertiary/aromatic N) is 2. The molecule has 0 saturated heterocycles. The van der Waals surface area contributed by atoms with Crippen molar-refractivity contribution >= 4 is 17.5 Å². The monoisotopic (exact) mass is 331 g/mol. The van der Waals surface area contributed by atoms with Crippen LogP contribution in [0.15, 0.2) is 50.1 Å². The fourth-order valence-electron chi connectivity index (χ4n) is 1.69. The lowest BCUT2D eigenvalue weighted by atomic mass is 10.2. The fraction of sp³-hybridized carbons (Fsp3) is 0.143. The summed E-state index contributed by atoms with van der Waals surface area (Å²) in [6.45, 7) is 0.0273. The van der Waals surface area contributed by atoms with Gasteiger partial charge in [-0.15, -0.1) is 10.2 Å². The molecule has 0 aliphatic heterocycles. The molecule has 0 aliphatic carbocycles. The summed E-state index contributed by atoms with van der Waals surface area (Å²) in [4.78, 5) is 49.3. The van der Waals surface area contributed by atoms with E-state index in [0.717, 1.165) is 0 Å². The van der Waals surface area contributed by atoms with Crippen LogP contribution in [-0.2, 0) is 4.79 Å². The van der Waals surface area contributed by atoms with Gasteiger partial charge in [-0.3, -0.25) is 24.4 Å². The SMILES string of the molecule is O=C(CCNC(=O)c1ccccc1)N=Nc1c(O)[nH]c(=O)[nH]c1=O. The van der Waals surface area contributed by atoms with Gasteiger partial charge in [0.15, 0.2) is 0 Å². The van der Waals surface area contributed by atoms with Crippen molar-refractivity contribution in [1.82, 2.24) is 15.3 Å². The second-order valence-electron chi connectivity index (χ2n) is 4.57. The second-order valence-corrected chi connectivity index (χ2v) is 4.57. The molecule has 4 N–H and O–H groups in total. The summed E-state index contributed by atoms with van der Waals surface area (Å²) in [6.07, 6.45) is -0.149. The molecule has 1 aromatic carbocycles. The van der Waals surface area contributed by atoms with E-state index in [1.807, 2.05) is 9.97 Å². The molecule has 124 valence electrons. The number of aromatic hydroxyl groups is 1. The summed E-state index contributed by atoms with van der Waals surface area (Å²) < 4.78 is 0. The van der Waals surface area contributed by atoms with Crippen molar-refractivity contribution in [2.24, 2.45) is 10.2 Å². The third-order valence-electron chi connectivity index (χ3n) is 2.82. The molecule has 0 fully saturated rings. The Labute approximate surface area is 134 Å². The number of hydrogen-bond acceptors (Lipinski definition) is 6. The van der Waals surface area contributed by atoms with E-state index < -0.39 is 28.7 Å². The number of rotatable bonds is 5. The number of nitrogens with one attached hydrogen (secondary N) is 3. The Morgan fingerprint density at radius 3 is 2.50 bits per heavy atom. The number of carbonyl (C=O) groups excluding carboxylic acids is 2. The van der Waals surface area contributed by atoms with Gasteiger partial charge >= 0.3 is 5.69 Å². The average molecular weight is 331 g/mol. The lowest BCUT2D eigenvalue weighted by Gasteiger charge is -2.02. The van der Waals surface area contributed by atoms with Crippen LogP contribution in [0, 0.1) is 0 Å². The Morgan fingerprint density at radius 1 is 1.12 bits per heavy atom. The van der Waals surface area contributed by atoms with Crippen molar-refractivity contribution < 1.29 is 14.7 Å². The van der Waals surface area contributed by atoms with Crippen LogP contribution in [0.3, 0.4) is 0 Å². The average Bonchev–Trinajstić information content (AvgIpc) is 2.54. The van der Waals surface area contributed by atoms with Gasteiger partial charge in [0.1, 0.15) is 0 Å². The first-order chi connectivity index (χ1) is 11.5. The highest BCUT2D eigenvalue weighted by atomic mass is 16.3. The highest BCUT2D eigenvalue weighted by Crippen LogP contribution is 2.15. The molecule has 0 radical (unpaired) electrons. The molecular weight excluding hydrogens is 318 g/mol. The molecule has 1 heterocycles. The molecule has 2 aromatic rings. The molecule has 0 aliphatic rings. The van der Waals surface area contributed by atoms with Crippen molar-refractivity contribution in [2.75, 3.05) is 6.54 Å². The molecule has 0 unspecified atom stereocenters. The minimum Gasteiger partial charge on any atom is -0.493 e. The van der Waals surface area contributed by atoms with E-state index in [9.17, 15) is 24.3 Å². The van der Waals surface area contributed by atoms with Crippen molar-refractivity contribution in [3.8, 4) is 5.88 Å². The normalized spacial score (nSPS) is 10.7. The number of amides is 2. The number of aromatic nitrogens is 2. The zero-order chi connectivity index (χ0) is 17.5. The van der Waals surface area contributed by atoms with E-state index in [1.165, 1.54) is 0 Å². The number of H-pyrrole nitrogens is 2. The van der Waals surface area contributed by atoms with Crippen LogP contribution < -0.4 is 16.6 Å². The molecule has 0 bridgehead atoms. The second kappa shape index (κ2) is 7.63. The predicted molar refractivity (Wildman–Crippen MR) is 82.3 cm³/mol. The van der Waals surface area contributed by atoms with E-state index in [4.69, 9.17) is 0 Å². The summed E-state index contributed by atoms with van der Waals surface area (Å²) >= 11 is 0. The third kappa shape index (κ3) is 4.47. The van der Waals surface area contributed by atoms with Gasteiger partial charge in [-0.25, -0.2) is 4.79 Å². The minimum atomic E-state index is -0.981. The Hall–Kier alpha value is -3.56. The Balaban J connectivity index is 1.89. The zero-order valence-corrected chi connectivity index (χ0v) is 12.3. The van der Waals surface area contributed by atoms with Crippen LogP contribution in [0.25, 0.3) is 0 Å². The number of aromatic amines is 2. The van der Waals surface area contributed by atoms with E-state index >= 15 is 0 Å². The van der Waals surface area contributed by atoms with E-state index in [2.05, 4.69) is 15.5 Å². The molecule has 1 aromatic heterocycles. The summed E-state index contributed by atoms with van der Waals surface area (Å²) in [5, 5.41) is 18.4. The lowest BCUT2D eigenvalue weighted by molar-refractivity contribution is -0.118.